The first-order valence-corrected chi connectivity index (χ1v) is 9.18. The summed E-state index contributed by atoms with van der Waals surface area (Å²) in [4.78, 5) is 24.6. The van der Waals surface area contributed by atoms with Gasteiger partial charge in [0.1, 0.15) is 0 Å². The molecule has 5 heteroatoms. The molecule has 1 aromatic carbocycles. The van der Waals surface area contributed by atoms with Crippen molar-refractivity contribution in [3.05, 3.63) is 41.5 Å². The summed E-state index contributed by atoms with van der Waals surface area (Å²) in [6.45, 7) is 0.365. The van der Waals surface area contributed by atoms with Gasteiger partial charge in [-0.15, -0.1) is 11.8 Å². The predicted octanol–water partition coefficient (Wildman–Crippen LogP) is 3.57. The monoisotopic (exact) mass is 333 g/mol. The fourth-order valence-corrected chi connectivity index (χ4v) is 3.15. The summed E-state index contributed by atoms with van der Waals surface area (Å²) in [5.41, 5.74) is 1.92. The van der Waals surface area contributed by atoms with Crippen LogP contribution in [0.3, 0.4) is 0 Å². The number of esters is 1. The minimum Gasteiger partial charge on any atom is -0.452 e. The summed E-state index contributed by atoms with van der Waals surface area (Å²) in [5, 5.41) is 2.80. The lowest BCUT2D eigenvalue weighted by molar-refractivity contribution is -0.124. The average Bonchev–Trinajstić information content (AvgIpc) is 2.60. The minimum absolute atomic E-state index is 0.236. The molecule has 0 radical (unpaired) electrons. The third kappa shape index (κ3) is 5.75. The van der Waals surface area contributed by atoms with E-state index in [0.717, 1.165) is 24.2 Å². The largest absolute Gasteiger partial charge is 0.452 e. The Morgan fingerprint density at radius 3 is 2.83 bits per heavy atom. The van der Waals surface area contributed by atoms with Gasteiger partial charge in [-0.3, -0.25) is 4.79 Å². The topological polar surface area (TPSA) is 55.4 Å². The molecule has 0 spiro atoms. The number of nitrogens with one attached hydrogen (secondary N) is 1. The normalized spacial score (nSPS) is 14.0. The van der Waals surface area contributed by atoms with E-state index < -0.39 is 5.97 Å². The van der Waals surface area contributed by atoms with E-state index >= 15 is 0 Å². The molecule has 0 aromatic heterocycles. The lowest BCUT2D eigenvalue weighted by Crippen LogP contribution is -2.30. The SMILES string of the molecule is CSc1ccccc1C(=O)OCC(=O)NCCC1=CCCCC1. The number of thioether (sulfide) groups is 1. The van der Waals surface area contributed by atoms with Crippen molar-refractivity contribution >= 4 is 23.6 Å². The molecule has 0 bridgehead atoms. The average molecular weight is 333 g/mol. The van der Waals surface area contributed by atoms with Crippen LogP contribution in [0.4, 0.5) is 0 Å². The molecule has 23 heavy (non-hydrogen) atoms. The van der Waals surface area contributed by atoms with E-state index in [1.165, 1.54) is 30.2 Å². The third-order valence-corrected chi connectivity index (χ3v) is 4.61. The highest BCUT2D eigenvalue weighted by Gasteiger charge is 2.13. The lowest BCUT2D eigenvalue weighted by atomic mass is 9.97. The number of amides is 1. The summed E-state index contributed by atoms with van der Waals surface area (Å²) >= 11 is 1.48. The maximum atomic E-state index is 12.0. The number of allylic oxidation sites excluding steroid dienone is 1. The number of ether oxygens (including phenoxy) is 1. The van der Waals surface area contributed by atoms with Crippen molar-refractivity contribution in [1.29, 1.82) is 0 Å². The molecule has 1 aliphatic rings. The molecule has 1 aliphatic carbocycles. The van der Waals surface area contributed by atoms with E-state index in [2.05, 4.69) is 11.4 Å². The fraction of sp³-hybridized carbons (Fsp3) is 0.444. The van der Waals surface area contributed by atoms with Gasteiger partial charge in [-0.05, 0) is 50.5 Å². The Morgan fingerprint density at radius 2 is 2.09 bits per heavy atom. The van der Waals surface area contributed by atoms with E-state index in [1.807, 2.05) is 18.4 Å². The molecule has 0 fully saturated rings. The first kappa shape index (κ1) is 17.6. The zero-order valence-corrected chi connectivity index (χ0v) is 14.3. The molecule has 4 nitrogen and oxygen atoms in total. The Balaban J connectivity index is 1.71. The Hall–Kier alpha value is -1.75. The number of carbonyl (C=O) groups is 2. The van der Waals surface area contributed by atoms with Crippen molar-refractivity contribution in [3.63, 3.8) is 0 Å². The van der Waals surface area contributed by atoms with Gasteiger partial charge in [-0.25, -0.2) is 4.79 Å². The molecule has 1 amide bonds. The summed E-state index contributed by atoms with van der Waals surface area (Å²) in [7, 11) is 0. The van der Waals surface area contributed by atoms with Crippen molar-refractivity contribution in [1.82, 2.24) is 5.32 Å². The van der Waals surface area contributed by atoms with Crippen molar-refractivity contribution in [3.8, 4) is 0 Å². The van der Waals surface area contributed by atoms with E-state index in [-0.39, 0.29) is 12.5 Å². The first-order chi connectivity index (χ1) is 11.2. The van der Waals surface area contributed by atoms with Crippen LogP contribution in [0.1, 0.15) is 42.5 Å². The van der Waals surface area contributed by atoms with E-state index in [9.17, 15) is 9.59 Å². The van der Waals surface area contributed by atoms with Crippen LogP contribution in [-0.4, -0.2) is 31.3 Å². The second-order valence-corrected chi connectivity index (χ2v) is 6.33. The van der Waals surface area contributed by atoms with Gasteiger partial charge in [0.05, 0.1) is 5.56 Å². The zero-order valence-electron chi connectivity index (χ0n) is 13.5. The molecule has 0 heterocycles. The Labute approximate surface area is 141 Å². The summed E-state index contributed by atoms with van der Waals surface area (Å²) in [5.74, 6) is -0.712. The van der Waals surface area contributed by atoms with Crippen LogP contribution in [0.5, 0.6) is 0 Å². The molecule has 0 atom stereocenters. The van der Waals surface area contributed by atoms with Gasteiger partial charge in [0.25, 0.3) is 5.91 Å². The molecular formula is C18H23NO3S. The van der Waals surface area contributed by atoms with Gasteiger partial charge >= 0.3 is 5.97 Å². The number of hydrogen-bond donors (Lipinski definition) is 1. The van der Waals surface area contributed by atoms with Crippen molar-refractivity contribution in [2.24, 2.45) is 0 Å². The smallest absolute Gasteiger partial charge is 0.339 e. The van der Waals surface area contributed by atoms with Gasteiger partial charge < -0.3 is 10.1 Å². The third-order valence-electron chi connectivity index (χ3n) is 3.81. The molecule has 0 saturated heterocycles. The number of carbonyl (C=O) groups excluding carboxylic acids is 2. The second-order valence-electron chi connectivity index (χ2n) is 5.48. The lowest BCUT2D eigenvalue weighted by Gasteiger charge is -2.13. The van der Waals surface area contributed by atoms with Crippen LogP contribution >= 0.6 is 11.8 Å². The van der Waals surface area contributed by atoms with Gasteiger partial charge in [-0.2, -0.15) is 0 Å². The molecule has 1 N–H and O–H groups in total. The summed E-state index contributed by atoms with van der Waals surface area (Å²) in [6, 6.07) is 7.23. The maximum Gasteiger partial charge on any atom is 0.339 e. The van der Waals surface area contributed by atoms with Gasteiger partial charge in [0, 0.05) is 11.4 Å². The maximum absolute atomic E-state index is 12.0. The van der Waals surface area contributed by atoms with Crippen LogP contribution in [0.2, 0.25) is 0 Å². The quantitative estimate of drug-likeness (QED) is 0.471. The highest BCUT2D eigenvalue weighted by Crippen LogP contribution is 2.21. The van der Waals surface area contributed by atoms with Crippen molar-refractivity contribution in [2.45, 2.75) is 37.0 Å². The van der Waals surface area contributed by atoms with E-state index in [4.69, 9.17) is 4.74 Å². The molecule has 0 unspecified atom stereocenters. The van der Waals surface area contributed by atoms with Crippen molar-refractivity contribution in [2.75, 3.05) is 19.4 Å². The predicted molar refractivity (Wildman–Crippen MR) is 92.7 cm³/mol. The van der Waals surface area contributed by atoms with Crippen LogP contribution in [0.15, 0.2) is 40.8 Å². The van der Waals surface area contributed by atoms with Crippen LogP contribution in [-0.2, 0) is 9.53 Å². The molecule has 0 saturated carbocycles. The molecular weight excluding hydrogens is 310 g/mol. The van der Waals surface area contributed by atoms with Gasteiger partial charge in [0.2, 0.25) is 0 Å². The second kappa shape index (κ2) is 9.40. The Kier molecular flexibility index (Phi) is 7.20. The fourth-order valence-electron chi connectivity index (χ4n) is 2.57. The van der Waals surface area contributed by atoms with Crippen molar-refractivity contribution < 1.29 is 14.3 Å². The van der Waals surface area contributed by atoms with Crippen LogP contribution < -0.4 is 5.32 Å². The first-order valence-electron chi connectivity index (χ1n) is 7.95. The van der Waals surface area contributed by atoms with Gasteiger partial charge in [-0.1, -0.05) is 23.8 Å². The minimum atomic E-state index is -0.458. The summed E-state index contributed by atoms with van der Waals surface area (Å²) < 4.78 is 5.10. The molecule has 1 aromatic rings. The van der Waals surface area contributed by atoms with E-state index in [1.54, 1.807) is 12.1 Å². The standard InChI is InChI=1S/C18H23NO3S/c1-23-16-10-6-5-9-15(16)18(21)22-13-17(20)19-12-11-14-7-3-2-4-8-14/h5-7,9-10H,2-4,8,11-13H2,1H3,(H,19,20). The highest BCUT2D eigenvalue weighted by molar-refractivity contribution is 7.98. The molecule has 0 aliphatic heterocycles. The van der Waals surface area contributed by atoms with Crippen LogP contribution in [0.25, 0.3) is 0 Å². The number of rotatable bonds is 7. The number of benzene rings is 1. The zero-order chi connectivity index (χ0) is 16.5. The Morgan fingerprint density at radius 1 is 1.26 bits per heavy atom. The van der Waals surface area contributed by atoms with Gasteiger partial charge in [0.15, 0.2) is 6.61 Å². The molecule has 124 valence electrons. The van der Waals surface area contributed by atoms with Crippen LogP contribution in [0, 0.1) is 0 Å². The van der Waals surface area contributed by atoms with E-state index in [0.29, 0.717) is 12.1 Å². The molecule has 2 rings (SSSR count). The highest BCUT2D eigenvalue weighted by atomic mass is 32.2. The Bertz CT molecular complexity index is 583. The summed E-state index contributed by atoms with van der Waals surface area (Å²) in [6.07, 6.45) is 9.85. The number of hydrogen-bond acceptors (Lipinski definition) is 4.